The van der Waals surface area contributed by atoms with Crippen LogP contribution < -0.4 is 11.1 Å². The van der Waals surface area contributed by atoms with E-state index in [0.29, 0.717) is 11.3 Å². The molecule has 0 bridgehead atoms. The van der Waals surface area contributed by atoms with Gasteiger partial charge >= 0.3 is 0 Å². The van der Waals surface area contributed by atoms with Crippen LogP contribution in [0, 0.1) is 19.3 Å². The van der Waals surface area contributed by atoms with Crippen molar-refractivity contribution in [1.82, 2.24) is 5.32 Å². The van der Waals surface area contributed by atoms with Crippen molar-refractivity contribution in [2.75, 3.05) is 12.3 Å². The number of carbonyl (C=O) groups is 1. The van der Waals surface area contributed by atoms with Crippen LogP contribution in [0.4, 0.5) is 5.69 Å². The Bertz CT molecular complexity index is 502. The Balaban J connectivity index is 2.03. The molecule has 1 amide bonds. The molecule has 0 saturated heterocycles. The maximum Gasteiger partial charge on any atom is 0.251 e. The summed E-state index contributed by atoms with van der Waals surface area (Å²) in [5.74, 6) is 0.000925. The summed E-state index contributed by atoms with van der Waals surface area (Å²) in [6.07, 6.45) is 6.31. The van der Waals surface area contributed by atoms with Crippen LogP contribution in [0.15, 0.2) is 12.1 Å². The van der Waals surface area contributed by atoms with Crippen molar-refractivity contribution in [2.24, 2.45) is 5.41 Å². The zero-order valence-electron chi connectivity index (χ0n) is 12.9. The summed E-state index contributed by atoms with van der Waals surface area (Å²) in [6.45, 7) is 6.97. The van der Waals surface area contributed by atoms with Gasteiger partial charge in [0.25, 0.3) is 5.91 Å². The molecule has 3 heteroatoms. The molecule has 0 heterocycles. The van der Waals surface area contributed by atoms with E-state index in [2.05, 4.69) is 12.2 Å². The summed E-state index contributed by atoms with van der Waals surface area (Å²) in [7, 11) is 0. The minimum Gasteiger partial charge on any atom is -0.398 e. The minimum absolute atomic E-state index is 0.000925. The third-order valence-corrected chi connectivity index (χ3v) is 4.59. The van der Waals surface area contributed by atoms with Gasteiger partial charge in [0.1, 0.15) is 0 Å². The fourth-order valence-electron chi connectivity index (χ4n) is 3.08. The predicted octanol–water partition coefficient (Wildman–Crippen LogP) is 3.59. The lowest BCUT2D eigenvalue weighted by molar-refractivity contribution is 0.0918. The SMILES string of the molecule is Cc1cc(C)c(C(=O)NCC2(C)CCCCC2)cc1N. The molecule has 1 aromatic carbocycles. The van der Waals surface area contributed by atoms with E-state index < -0.39 is 0 Å². The Kier molecular flexibility index (Phi) is 4.36. The molecule has 0 aliphatic heterocycles. The number of amides is 1. The molecule has 0 spiro atoms. The third-order valence-electron chi connectivity index (χ3n) is 4.59. The first-order valence-electron chi connectivity index (χ1n) is 7.56. The van der Waals surface area contributed by atoms with Crippen LogP contribution in [-0.4, -0.2) is 12.5 Å². The molecule has 3 N–H and O–H groups in total. The topological polar surface area (TPSA) is 55.1 Å². The van der Waals surface area contributed by atoms with E-state index in [0.717, 1.165) is 17.7 Å². The second-order valence-corrected chi connectivity index (χ2v) is 6.58. The van der Waals surface area contributed by atoms with Crippen LogP contribution in [0.5, 0.6) is 0 Å². The highest BCUT2D eigenvalue weighted by atomic mass is 16.1. The molecule has 2 rings (SSSR count). The van der Waals surface area contributed by atoms with Crippen LogP contribution >= 0.6 is 0 Å². The molecule has 0 unspecified atom stereocenters. The number of carbonyl (C=O) groups excluding carboxylic acids is 1. The van der Waals surface area contributed by atoms with Gasteiger partial charge in [-0.15, -0.1) is 0 Å². The summed E-state index contributed by atoms with van der Waals surface area (Å²) in [5, 5.41) is 3.10. The average molecular weight is 274 g/mol. The van der Waals surface area contributed by atoms with Gasteiger partial charge in [-0.3, -0.25) is 4.79 Å². The molecule has 20 heavy (non-hydrogen) atoms. The average Bonchev–Trinajstić information content (AvgIpc) is 2.41. The number of aryl methyl sites for hydroxylation is 2. The van der Waals surface area contributed by atoms with Crippen molar-refractivity contribution in [3.63, 3.8) is 0 Å². The van der Waals surface area contributed by atoms with Crippen molar-refractivity contribution < 1.29 is 4.79 Å². The van der Waals surface area contributed by atoms with Gasteiger partial charge < -0.3 is 11.1 Å². The number of rotatable bonds is 3. The number of hydrogen-bond acceptors (Lipinski definition) is 2. The number of anilines is 1. The number of nitrogens with two attached hydrogens (primary N) is 1. The van der Waals surface area contributed by atoms with Gasteiger partial charge in [0.05, 0.1) is 0 Å². The summed E-state index contributed by atoms with van der Waals surface area (Å²) in [5.41, 5.74) is 9.58. The van der Waals surface area contributed by atoms with Gasteiger partial charge in [0, 0.05) is 17.8 Å². The van der Waals surface area contributed by atoms with Gasteiger partial charge in [-0.05, 0) is 49.3 Å². The molecule has 1 aromatic rings. The first-order valence-corrected chi connectivity index (χ1v) is 7.56. The van der Waals surface area contributed by atoms with E-state index in [-0.39, 0.29) is 11.3 Å². The van der Waals surface area contributed by atoms with Gasteiger partial charge in [-0.2, -0.15) is 0 Å². The number of hydrogen-bond donors (Lipinski definition) is 2. The van der Waals surface area contributed by atoms with Crippen molar-refractivity contribution in [2.45, 2.75) is 52.9 Å². The van der Waals surface area contributed by atoms with Gasteiger partial charge in [0.2, 0.25) is 0 Å². The van der Waals surface area contributed by atoms with Crippen LogP contribution in [0.2, 0.25) is 0 Å². The maximum absolute atomic E-state index is 12.3. The molecular weight excluding hydrogens is 248 g/mol. The molecule has 0 aromatic heterocycles. The van der Waals surface area contributed by atoms with Crippen LogP contribution in [0.1, 0.15) is 60.5 Å². The van der Waals surface area contributed by atoms with Gasteiger partial charge in [0.15, 0.2) is 0 Å². The van der Waals surface area contributed by atoms with Crippen molar-refractivity contribution in [1.29, 1.82) is 0 Å². The number of nitrogen functional groups attached to an aromatic ring is 1. The number of benzene rings is 1. The lowest BCUT2D eigenvalue weighted by Crippen LogP contribution is -2.37. The zero-order chi connectivity index (χ0) is 14.8. The van der Waals surface area contributed by atoms with E-state index in [1.165, 1.54) is 32.1 Å². The molecule has 1 fully saturated rings. The van der Waals surface area contributed by atoms with Crippen LogP contribution in [0.25, 0.3) is 0 Å². The molecule has 110 valence electrons. The maximum atomic E-state index is 12.3. The first kappa shape index (κ1) is 14.9. The predicted molar refractivity (Wildman–Crippen MR) is 83.9 cm³/mol. The smallest absolute Gasteiger partial charge is 0.251 e. The highest BCUT2D eigenvalue weighted by Crippen LogP contribution is 2.35. The van der Waals surface area contributed by atoms with Gasteiger partial charge in [-0.1, -0.05) is 32.3 Å². The Hall–Kier alpha value is -1.51. The van der Waals surface area contributed by atoms with E-state index in [4.69, 9.17) is 5.73 Å². The highest BCUT2D eigenvalue weighted by molar-refractivity contribution is 5.96. The molecule has 1 aliphatic rings. The standard InChI is InChI=1S/C17H26N2O/c1-12-9-13(2)15(18)10-14(12)16(20)19-11-17(3)7-5-4-6-8-17/h9-10H,4-8,11,18H2,1-3H3,(H,19,20). The van der Waals surface area contributed by atoms with E-state index >= 15 is 0 Å². The molecule has 0 atom stereocenters. The Morgan fingerprint density at radius 2 is 1.85 bits per heavy atom. The largest absolute Gasteiger partial charge is 0.398 e. The van der Waals surface area contributed by atoms with Crippen molar-refractivity contribution in [3.05, 3.63) is 28.8 Å². The first-order chi connectivity index (χ1) is 9.41. The lowest BCUT2D eigenvalue weighted by atomic mass is 9.75. The fraction of sp³-hybridized carbons (Fsp3) is 0.588. The Labute approximate surface area is 121 Å². The second kappa shape index (κ2) is 5.86. The molecule has 1 aliphatic carbocycles. The summed E-state index contributed by atoms with van der Waals surface area (Å²) in [4.78, 5) is 12.3. The molecular formula is C17H26N2O. The normalized spacial score (nSPS) is 17.8. The zero-order valence-corrected chi connectivity index (χ0v) is 12.9. The quantitative estimate of drug-likeness (QED) is 0.828. The lowest BCUT2D eigenvalue weighted by Gasteiger charge is -2.33. The number of nitrogens with one attached hydrogen (secondary N) is 1. The Morgan fingerprint density at radius 3 is 2.50 bits per heavy atom. The van der Waals surface area contributed by atoms with Crippen molar-refractivity contribution >= 4 is 11.6 Å². The monoisotopic (exact) mass is 274 g/mol. The Morgan fingerprint density at radius 1 is 1.20 bits per heavy atom. The van der Waals surface area contributed by atoms with Crippen molar-refractivity contribution in [3.8, 4) is 0 Å². The van der Waals surface area contributed by atoms with E-state index in [1.54, 1.807) is 6.07 Å². The second-order valence-electron chi connectivity index (χ2n) is 6.58. The van der Waals surface area contributed by atoms with E-state index in [9.17, 15) is 4.79 Å². The summed E-state index contributed by atoms with van der Waals surface area (Å²) < 4.78 is 0. The molecule has 0 radical (unpaired) electrons. The molecule has 1 saturated carbocycles. The summed E-state index contributed by atoms with van der Waals surface area (Å²) in [6, 6.07) is 3.77. The minimum atomic E-state index is 0.000925. The van der Waals surface area contributed by atoms with Crippen LogP contribution in [-0.2, 0) is 0 Å². The fourth-order valence-corrected chi connectivity index (χ4v) is 3.08. The molecule has 3 nitrogen and oxygen atoms in total. The van der Waals surface area contributed by atoms with E-state index in [1.807, 2.05) is 19.9 Å². The van der Waals surface area contributed by atoms with Gasteiger partial charge in [-0.25, -0.2) is 0 Å². The third kappa shape index (κ3) is 3.33. The van der Waals surface area contributed by atoms with Crippen LogP contribution in [0.3, 0.4) is 0 Å². The highest BCUT2D eigenvalue weighted by Gasteiger charge is 2.27. The summed E-state index contributed by atoms with van der Waals surface area (Å²) >= 11 is 0.